The number of ether oxygens (including phenoxy) is 8. The van der Waals surface area contributed by atoms with Gasteiger partial charge in [0.15, 0.2) is 18.9 Å². The molecule has 4 saturated carbocycles. The number of hydrogen-bond donors (Lipinski definition) is 10. The summed E-state index contributed by atoms with van der Waals surface area (Å²) in [5.74, 6) is 4.96. The van der Waals surface area contributed by atoms with Gasteiger partial charge in [0, 0.05) is 0 Å². The second kappa shape index (κ2) is 22.8. The van der Waals surface area contributed by atoms with Crippen molar-refractivity contribution in [3.8, 4) is 0 Å². The van der Waals surface area contributed by atoms with E-state index in [0.29, 0.717) is 17.3 Å². The molecule has 1 amide bonds. The third-order valence-electron chi connectivity index (χ3n) is 19.8. The molecule has 0 bridgehead atoms. The highest BCUT2D eigenvalue weighted by Gasteiger charge is 2.62. The van der Waals surface area contributed by atoms with E-state index in [1.165, 1.54) is 58.3 Å². The lowest BCUT2D eigenvalue weighted by molar-refractivity contribution is -0.366. The molecule has 0 aromatic heterocycles. The Kier molecular flexibility index (Phi) is 18.0. The van der Waals surface area contributed by atoms with Crippen molar-refractivity contribution < 1.29 is 88.6 Å². The molecule has 422 valence electrons. The Morgan fingerprint density at radius 3 is 2.11 bits per heavy atom. The molecule has 4 saturated heterocycles. The van der Waals surface area contributed by atoms with E-state index < -0.39 is 142 Å². The summed E-state index contributed by atoms with van der Waals surface area (Å²) in [4.78, 5) is 13.9. The Labute approximate surface area is 432 Å². The van der Waals surface area contributed by atoms with Crippen molar-refractivity contribution >= 4 is 6.09 Å². The second-order valence-electron chi connectivity index (χ2n) is 25.9. The third kappa shape index (κ3) is 11.4. The molecule has 12 unspecified atom stereocenters. The maximum absolute atomic E-state index is 13.9. The number of carbonyl (C=O) groups excluding carboxylic acids is 1. The van der Waals surface area contributed by atoms with Crippen LogP contribution in [-0.2, 0) is 37.9 Å². The van der Waals surface area contributed by atoms with Crippen molar-refractivity contribution in [1.82, 2.24) is 5.32 Å². The van der Waals surface area contributed by atoms with E-state index in [1.807, 2.05) is 20.8 Å². The number of hydrogen-bond acceptors (Lipinski definition) is 18. The van der Waals surface area contributed by atoms with Crippen LogP contribution in [0.5, 0.6) is 0 Å². The zero-order valence-corrected chi connectivity index (χ0v) is 44.9. The second-order valence-corrected chi connectivity index (χ2v) is 25.9. The highest BCUT2D eigenvalue weighted by atomic mass is 16.8. The fourth-order valence-electron chi connectivity index (χ4n) is 15.5. The van der Waals surface area contributed by atoms with E-state index >= 15 is 0 Å². The molecule has 19 heteroatoms. The number of amides is 1. The maximum atomic E-state index is 13.9. The lowest BCUT2D eigenvalue weighted by atomic mass is 9.44. The zero-order chi connectivity index (χ0) is 53.1. The predicted molar refractivity (Wildman–Crippen MR) is 262 cm³/mol. The summed E-state index contributed by atoms with van der Waals surface area (Å²) in [6.07, 6.45) is -8.62. The van der Waals surface area contributed by atoms with Crippen molar-refractivity contribution in [3.63, 3.8) is 0 Å². The van der Waals surface area contributed by atoms with Crippen LogP contribution in [-0.4, -0.2) is 188 Å². The average Bonchev–Trinajstić information content (AvgIpc) is 3.84. The minimum absolute atomic E-state index is 0.187. The van der Waals surface area contributed by atoms with Crippen molar-refractivity contribution in [3.05, 3.63) is 0 Å². The predicted octanol–water partition coefficient (Wildman–Crippen LogP) is 2.88. The quantitative estimate of drug-likeness (QED) is 0.113. The first-order chi connectivity index (χ1) is 34.3. The molecule has 19 nitrogen and oxygen atoms in total. The van der Waals surface area contributed by atoms with Gasteiger partial charge in [-0.15, -0.1) is 0 Å². The number of aliphatic hydroxyl groups is 9. The van der Waals surface area contributed by atoms with Gasteiger partial charge >= 0.3 is 6.09 Å². The molecule has 8 aliphatic rings. The van der Waals surface area contributed by atoms with Gasteiger partial charge in [-0.2, -0.15) is 0 Å². The summed E-state index contributed by atoms with van der Waals surface area (Å²) in [7, 11) is 0. The van der Waals surface area contributed by atoms with Gasteiger partial charge in [-0.25, -0.2) is 4.79 Å². The van der Waals surface area contributed by atoms with Crippen LogP contribution in [0.4, 0.5) is 4.79 Å². The van der Waals surface area contributed by atoms with Crippen LogP contribution in [0.25, 0.3) is 0 Å². The van der Waals surface area contributed by atoms with Crippen molar-refractivity contribution in [1.29, 1.82) is 0 Å². The average molecular weight is 1040 g/mol. The van der Waals surface area contributed by atoms with Gasteiger partial charge in [-0.3, -0.25) is 0 Å². The summed E-state index contributed by atoms with van der Waals surface area (Å²) in [6.45, 7) is 17.1. The van der Waals surface area contributed by atoms with Gasteiger partial charge in [-0.05, 0) is 122 Å². The van der Waals surface area contributed by atoms with Gasteiger partial charge in [0.05, 0.1) is 44.7 Å². The molecular formula is C54H93NO18. The van der Waals surface area contributed by atoms with Crippen LogP contribution in [0.1, 0.15) is 139 Å². The summed E-state index contributed by atoms with van der Waals surface area (Å²) < 4.78 is 47.4. The lowest BCUT2D eigenvalue weighted by Gasteiger charge is -2.61. The minimum atomic E-state index is -2.02. The van der Waals surface area contributed by atoms with E-state index in [9.17, 15) is 50.8 Å². The van der Waals surface area contributed by atoms with Crippen LogP contribution >= 0.6 is 0 Å². The number of rotatable bonds is 15. The summed E-state index contributed by atoms with van der Waals surface area (Å²) >= 11 is 0. The molecule has 10 N–H and O–H groups in total. The van der Waals surface area contributed by atoms with Crippen LogP contribution in [0.3, 0.4) is 0 Å². The van der Waals surface area contributed by atoms with Crippen LogP contribution in [0.2, 0.25) is 0 Å². The van der Waals surface area contributed by atoms with Crippen LogP contribution in [0.15, 0.2) is 0 Å². The summed E-state index contributed by atoms with van der Waals surface area (Å²) in [5.41, 5.74) is -2.13. The number of carbonyl (C=O) groups is 1. The van der Waals surface area contributed by atoms with Crippen molar-refractivity contribution in [2.24, 2.45) is 57.7 Å². The molecule has 4 aliphatic carbocycles. The molecule has 8 rings (SSSR count). The molecule has 8 fully saturated rings. The normalized spacial score (nSPS) is 49.7. The number of fused-ring (bicyclic) bond motifs is 5. The minimum Gasteiger partial charge on any atom is -0.446 e. The van der Waals surface area contributed by atoms with Gasteiger partial charge in [0.1, 0.15) is 72.7 Å². The van der Waals surface area contributed by atoms with Crippen molar-refractivity contribution in [2.75, 3.05) is 26.4 Å². The molecule has 4 aliphatic heterocycles. The molecule has 0 radical (unpaired) electrons. The molecule has 73 heavy (non-hydrogen) atoms. The Balaban J connectivity index is 0.866. The zero-order valence-electron chi connectivity index (χ0n) is 44.9. The molecular weight excluding hydrogens is 951 g/mol. The highest BCUT2D eigenvalue weighted by Crippen LogP contribution is 2.68. The Morgan fingerprint density at radius 1 is 0.753 bits per heavy atom. The third-order valence-corrected chi connectivity index (χ3v) is 19.8. The maximum Gasteiger partial charge on any atom is 0.407 e. The smallest absolute Gasteiger partial charge is 0.407 e. The number of alkyl carbamates (subject to hydrolysis) is 1. The van der Waals surface area contributed by atoms with E-state index in [-0.39, 0.29) is 11.5 Å². The molecule has 4 heterocycles. The molecule has 0 spiro atoms. The van der Waals surface area contributed by atoms with Crippen LogP contribution < -0.4 is 5.32 Å². The van der Waals surface area contributed by atoms with E-state index in [2.05, 4.69) is 39.9 Å². The van der Waals surface area contributed by atoms with Crippen molar-refractivity contribution in [2.45, 2.75) is 249 Å². The first kappa shape index (κ1) is 57.8. The van der Waals surface area contributed by atoms with Gasteiger partial charge in [-0.1, -0.05) is 74.7 Å². The first-order valence-corrected chi connectivity index (χ1v) is 27.8. The summed E-state index contributed by atoms with van der Waals surface area (Å²) in [6, 6.07) is -1.20. The fraction of sp³-hybridized carbons (Fsp3) is 0.981. The lowest BCUT2D eigenvalue weighted by Crippen LogP contribution is -2.69. The number of aliphatic hydroxyl groups excluding tert-OH is 8. The topological polar surface area (TPSA) is 285 Å². The number of nitrogens with one attached hydrogen (secondary N) is 1. The van der Waals surface area contributed by atoms with Gasteiger partial charge in [0.2, 0.25) is 0 Å². The van der Waals surface area contributed by atoms with Crippen LogP contribution in [0, 0.1) is 57.7 Å². The molecule has 0 aromatic carbocycles. The van der Waals surface area contributed by atoms with Gasteiger partial charge in [0.25, 0.3) is 0 Å². The Hall–Kier alpha value is -1.37. The first-order valence-electron chi connectivity index (χ1n) is 27.8. The van der Waals surface area contributed by atoms with E-state index in [4.69, 9.17) is 37.9 Å². The Morgan fingerprint density at radius 2 is 1.44 bits per heavy atom. The Bertz CT molecular complexity index is 1830. The van der Waals surface area contributed by atoms with E-state index in [1.54, 1.807) is 0 Å². The standard InChI is InChI=1S/C54H93NO18/c1-26(2)11-10-12-27(3)32-15-16-33-31-14-13-29-21-30(17-19-52(29,8)34(31)18-20-53(32,33)9)69-50(64)55-37-36(22-56)70-46(51(5,6)7)44(38(37)59)73-48-40(61)39(60)42(28(4)68-48)71-47-41(62)43(35(58)23-66-47)72-49-45(63)54(65,24-57)25-67-49/h26-49,56-63,65H,10-25H2,1-9H3,(H,55,64)/t27-,28?,29+,30+,31-,32-,33+,34?,35-,36?,37+,38?,39?,40?,41?,42+,43?,44?,45-,46-,47+,48+,49+,52?,53?,54?/m1/s1. The SMILES string of the molecule is CC(C)CCC[C@@H](C)[C@H]1CC[C@H]2[C@H]3CC[C@H]4C[C@@H](OC(=O)N[C@H]5C(CO)O[C@@H](C(C)(C)C)C(O[C@@H]6OC(C)[C@H](O[C@@H]7OC[C@@H](O)C(O[C@@H]8OCC(O)(CO)[C@@H]8O)C7O)C(O)C6O)C5O)CCC4(C)C3CCC12C. The summed E-state index contributed by atoms with van der Waals surface area (Å²) in [5, 5.41) is 101. The molecule has 26 atom stereocenters. The van der Waals surface area contributed by atoms with E-state index in [0.717, 1.165) is 55.3 Å². The van der Waals surface area contributed by atoms with Gasteiger partial charge < -0.3 is 89.2 Å². The highest BCUT2D eigenvalue weighted by molar-refractivity contribution is 5.68. The monoisotopic (exact) mass is 1040 g/mol. The largest absolute Gasteiger partial charge is 0.446 e. The molecule has 0 aromatic rings. The fourth-order valence-corrected chi connectivity index (χ4v) is 15.5.